The lowest BCUT2D eigenvalue weighted by Gasteiger charge is -2.14. The maximum Gasteiger partial charge on any atom is 0.325 e. The van der Waals surface area contributed by atoms with E-state index >= 15 is 0 Å². The molecule has 2 N–H and O–H groups in total. The van der Waals surface area contributed by atoms with Crippen LogP contribution in [-0.4, -0.2) is 36.4 Å². The first-order valence-electron chi connectivity index (χ1n) is 4.25. The lowest BCUT2D eigenvalue weighted by Crippen LogP contribution is -2.40. The van der Waals surface area contributed by atoms with Crippen LogP contribution in [0.3, 0.4) is 0 Å². The normalized spacial score (nSPS) is 35.1. The highest BCUT2D eigenvalue weighted by Crippen LogP contribution is 2.14. The Morgan fingerprint density at radius 3 is 2.83 bits per heavy atom. The molecule has 0 aromatic rings. The second-order valence-electron chi connectivity index (χ2n) is 3.11. The van der Waals surface area contributed by atoms with Crippen LogP contribution in [0.2, 0.25) is 0 Å². The molecule has 3 unspecified atom stereocenters. The molecule has 0 saturated carbocycles. The second-order valence-corrected chi connectivity index (χ2v) is 3.11. The second kappa shape index (κ2) is 3.87. The van der Waals surface area contributed by atoms with Gasteiger partial charge < -0.3 is 15.2 Å². The van der Waals surface area contributed by atoms with E-state index in [0.29, 0.717) is 13.2 Å². The van der Waals surface area contributed by atoms with Crippen LogP contribution in [0, 0.1) is 5.92 Å². The number of rotatable bonds is 2. The molecular formula is C8H15NO3. The Bertz CT molecular complexity index is 172. The summed E-state index contributed by atoms with van der Waals surface area (Å²) in [6, 6.07) is -0.528. The summed E-state index contributed by atoms with van der Waals surface area (Å²) in [4.78, 5) is 11.2. The first kappa shape index (κ1) is 9.48. The number of hydrogen-bond donors (Lipinski definition) is 2. The maximum absolute atomic E-state index is 11.2. The van der Waals surface area contributed by atoms with E-state index in [-0.39, 0.29) is 11.9 Å². The number of aliphatic hydroxyl groups excluding tert-OH is 1. The summed E-state index contributed by atoms with van der Waals surface area (Å²) in [6.45, 7) is 4.68. The molecule has 70 valence electrons. The van der Waals surface area contributed by atoms with Gasteiger partial charge in [-0.15, -0.1) is 0 Å². The van der Waals surface area contributed by atoms with Gasteiger partial charge in [0, 0.05) is 6.54 Å². The van der Waals surface area contributed by atoms with Crippen molar-refractivity contribution in [2.45, 2.75) is 26.0 Å². The van der Waals surface area contributed by atoms with Crippen molar-refractivity contribution in [1.82, 2.24) is 5.32 Å². The van der Waals surface area contributed by atoms with Gasteiger partial charge in [0.25, 0.3) is 0 Å². The third-order valence-electron chi connectivity index (χ3n) is 2.12. The highest BCUT2D eigenvalue weighted by Gasteiger charge is 2.37. The predicted octanol–water partition coefficient (Wildman–Crippen LogP) is -0.482. The molecule has 0 amide bonds. The van der Waals surface area contributed by atoms with Crippen molar-refractivity contribution in [2.24, 2.45) is 5.92 Å². The molecule has 0 aliphatic carbocycles. The Morgan fingerprint density at radius 2 is 2.42 bits per heavy atom. The highest BCUT2D eigenvalue weighted by molar-refractivity contribution is 5.77. The van der Waals surface area contributed by atoms with Gasteiger partial charge in [-0.25, -0.2) is 0 Å². The molecule has 4 nitrogen and oxygen atoms in total. The van der Waals surface area contributed by atoms with E-state index in [1.807, 2.05) is 6.92 Å². The molecule has 1 fully saturated rings. The van der Waals surface area contributed by atoms with E-state index in [1.54, 1.807) is 6.92 Å². The van der Waals surface area contributed by atoms with Crippen molar-refractivity contribution in [3.05, 3.63) is 0 Å². The number of hydrogen-bond acceptors (Lipinski definition) is 4. The van der Waals surface area contributed by atoms with Gasteiger partial charge in [-0.2, -0.15) is 0 Å². The molecule has 1 aliphatic heterocycles. The standard InChI is InChI=1S/C8H15NO3/c1-3-12-8(11)6-7(10)5(2)4-9-6/h5-7,9-10H,3-4H2,1-2H3. The van der Waals surface area contributed by atoms with Gasteiger partial charge in [0.15, 0.2) is 0 Å². The van der Waals surface area contributed by atoms with E-state index in [9.17, 15) is 9.90 Å². The summed E-state index contributed by atoms with van der Waals surface area (Å²) in [7, 11) is 0. The summed E-state index contributed by atoms with van der Waals surface area (Å²) in [5, 5.41) is 12.4. The van der Waals surface area contributed by atoms with Crippen molar-refractivity contribution >= 4 is 5.97 Å². The van der Waals surface area contributed by atoms with Crippen molar-refractivity contribution in [1.29, 1.82) is 0 Å². The molecule has 1 rings (SSSR count). The van der Waals surface area contributed by atoms with E-state index in [2.05, 4.69) is 5.32 Å². The van der Waals surface area contributed by atoms with Crippen LogP contribution in [0.1, 0.15) is 13.8 Å². The molecule has 0 bridgehead atoms. The number of carbonyl (C=O) groups excluding carboxylic acids is 1. The largest absolute Gasteiger partial charge is 0.465 e. The lowest BCUT2D eigenvalue weighted by atomic mass is 10.0. The van der Waals surface area contributed by atoms with Crippen LogP contribution >= 0.6 is 0 Å². The summed E-state index contributed by atoms with van der Waals surface area (Å²) >= 11 is 0. The molecule has 0 spiro atoms. The number of esters is 1. The van der Waals surface area contributed by atoms with Crippen molar-refractivity contribution in [3.63, 3.8) is 0 Å². The third kappa shape index (κ3) is 1.76. The molecule has 1 saturated heterocycles. The first-order valence-corrected chi connectivity index (χ1v) is 4.25. The molecular weight excluding hydrogens is 158 g/mol. The van der Waals surface area contributed by atoms with Gasteiger partial charge in [0.05, 0.1) is 12.7 Å². The van der Waals surface area contributed by atoms with Crippen LogP contribution in [0.25, 0.3) is 0 Å². The Balaban J connectivity index is 2.47. The SMILES string of the molecule is CCOC(=O)C1NCC(C)C1O. The summed E-state index contributed by atoms with van der Waals surface area (Å²) in [5.41, 5.74) is 0. The zero-order valence-corrected chi connectivity index (χ0v) is 7.41. The Morgan fingerprint density at radius 1 is 1.75 bits per heavy atom. The fourth-order valence-electron chi connectivity index (χ4n) is 1.34. The van der Waals surface area contributed by atoms with Gasteiger partial charge in [-0.1, -0.05) is 6.92 Å². The van der Waals surface area contributed by atoms with Gasteiger partial charge in [-0.3, -0.25) is 4.79 Å². The van der Waals surface area contributed by atoms with Gasteiger partial charge in [0.1, 0.15) is 6.04 Å². The van der Waals surface area contributed by atoms with Gasteiger partial charge in [-0.05, 0) is 12.8 Å². The fraction of sp³-hybridized carbons (Fsp3) is 0.875. The van der Waals surface area contributed by atoms with Crippen LogP contribution in [0.5, 0.6) is 0 Å². The molecule has 3 atom stereocenters. The first-order chi connectivity index (χ1) is 5.66. The Hall–Kier alpha value is -0.610. The molecule has 1 heterocycles. The monoisotopic (exact) mass is 173 g/mol. The van der Waals surface area contributed by atoms with E-state index in [1.165, 1.54) is 0 Å². The minimum atomic E-state index is -0.607. The van der Waals surface area contributed by atoms with E-state index < -0.39 is 12.1 Å². The maximum atomic E-state index is 11.2. The fourth-order valence-corrected chi connectivity index (χ4v) is 1.34. The summed E-state index contributed by atoms with van der Waals surface area (Å²) in [6.07, 6.45) is -0.607. The average Bonchev–Trinajstić information content (AvgIpc) is 2.34. The van der Waals surface area contributed by atoms with Crippen LogP contribution < -0.4 is 5.32 Å². The smallest absolute Gasteiger partial charge is 0.325 e. The Labute approximate surface area is 71.9 Å². The molecule has 0 aromatic heterocycles. The predicted molar refractivity (Wildman–Crippen MR) is 43.6 cm³/mol. The van der Waals surface area contributed by atoms with Gasteiger partial charge in [0.2, 0.25) is 0 Å². The van der Waals surface area contributed by atoms with Gasteiger partial charge >= 0.3 is 5.97 Å². The number of carbonyl (C=O) groups is 1. The summed E-state index contributed by atoms with van der Waals surface area (Å²) < 4.78 is 4.78. The van der Waals surface area contributed by atoms with Crippen molar-refractivity contribution in [3.8, 4) is 0 Å². The average molecular weight is 173 g/mol. The molecule has 0 aromatic carbocycles. The van der Waals surface area contributed by atoms with Crippen molar-refractivity contribution in [2.75, 3.05) is 13.2 Å². The molecule has 12 heavy (non-hydrogen) atoms. The van der Waals surface area contributed by atoms with E-state index in [0.717, 1.165) is 0 Å². The molecule has 1 aliphatic rings. The van der Waals surface area contributed by atoms with Crippen LogP contribution in [0.4, 0.5) is 0 Å². The van der Waals surface area contributed by atoms with E-state index in [4.69, 9.17) is 4.74 Å². The van der Waals surface area contributed by atoms with Crippen LogP contribution in [0.15, 0.2) is 0 Å². The number of aliphatic hydroxyl groups is 1. The summed E-state index contributed by atoms with van der Waals surface area (Å²) in [5.74, 6) is -0.228. The van der Waals surface area contributed by atoms with Crippen molar-refractivity contribution < 1.29 is 14.6 Å². The minimum absolute atomic E-state index is 0.124. The zero-order chi connectivity index (χ0) is 9.14. The topological polar surface area (TPSA) is 58.6 Å². The molecule has 0 radical (unpaired) electrons. The Kier molecular flexibility index (Phi) is 3.05. The number of nitrogens with one attached hydrogen (secondary N) is 1. The lowest BCUT2D eigenvalue weighted by molar-refractivity contribution is -0.147. The zero-order valence-electron chi connectivity index (χ0n) is 7.41. The third-order valence-corrected chi connectivity index (χ3v) is 2.12. The van der Waals surface area contributed by atoms with Crippen LogP contribution in [-0.2, 0) is 9.53 Å². The minimum Gasteiger partial charge on any atom is -0.465 e. The number of ether oxygens (including phenoxy) is 1. The highest BCUT2D eigenvalue weighted by atomic mass is 16.5. The quantitative estimate of drug-likeness (QED) is 0.554. The molecule has 4 heteroatoms.